The van der Waals surface area contributed by atoms with Crippen LogP contribution in [0.3, 0.4) is 0 Å². The van der Waals surface area contributed by atoms with Crippen molar-refractivity contribution in [3.63, 3.8) is 0 Å². The van der Waals surface area contributed by atoms with E-state index in [1.807, 2.05) is 11.0 Å². The van der Waals surface area contributed by atoms with Crippen LogP contribution in [0.4, 0.5) is 5.69 Å². The summed E-state index contributed by atoms with van der Waals surface area (Å²) >= 11 is 0. The van der Waals surface area contributed by atoms with E-state index in [2.05, 4.69) is 87.7 Å². The number of benzene rings is 3. The number of para-hydroxylation sites is 2. The fourth-order valence-electron chi connectivity index (χ4n) is 5.31. The van der Waals surface area contributed by atoms with Crippen molar-refractivity contribution in [1.29, 1.82) is 0 Å². The van der Waals surface area contributed by atoms with Crippen LogP contribution in [-0.2, 0) is 17.8 Å². The first-order valence-corrected chi connectivity index (χ1v) is 12.3. The van der Waals surface area contributed by atoms with Gasteiger partial charge in [0.15, 0.2) is 0 Å². The fourth-order valence-corrected chi connectivity index (χ4v) is 5.31. The first kappa shape index (κ1) is 22.4. The molecule has 2 heterocycles. The molecule has 1 aliphatic rings. The van der Waals surface area contributed by atoms with Crippen molar-refractivity contribution in [3.8, 4) is 0 Å². The number of carbonyl (C=O) groups excluding carboxylic acids is 1. The van der Waals surface area contributed by atoms with Gasteiger partial charge in [-0.25, -0.2) is 4.98 Å². The van der Waals surface area contributed by atoms with Gasteiger partial charge in [-0.3, -0.25) is 4.79 Å². The van der Waals surface area contributed by atoms with Crippen LogP contribution < -0.4 is 4.90 Å². The van der Waals surface area contributed by atoms with Crippen molar-refractivity contribution >= 4 is 22.6 Å². The molecule has 0 bridgehead atoms. The molecule has 1 aromatic heterocycles. The van der Waals surface area contributed by atoms with E-state index in [0.717, 1.165) is 35.5 Å². The number of anilines is 1. The molecule has 1 aliphatic heterocycles. The Hall–Kier alpha value is -3.40. The molecule has 0 aliphatic carbocycles. The number of hydrogen-bond acceptors (Lipinski definition) is 2. The van der Waals surface area contributed by atoms with Gasteiger partial charge >= 0.3 is 0 Å². The molecule has 4 nitrogen and oxygen atoms in total. The largest absolute Gasteiger partial charge is 0.323 e. The third-order valence-electron chi connectivity index (χ3n) is 7.67. The average Bonchev–Trinajstić information content (AvgIpc) is 3.41. The van der Waals surface area contributed by atoms with Crippen molar-refractivity contribution < 1.29 is 4.79 Å². The maximum atomic E-state index is 13.1. The molecule has 1 amide bonds. The van der Waals surface area contributed by atoms with Crippen molar-refractivity contribution in [2.45, 2.75) is 59.9 Å². The molecular weight excluding hydrogens is 418 g/mol. The Morgan fingerprint density at radius 1 is 0.941 bits per heavy atom. The number of aryl methyl sites for hydroxylation is 3. The number of fused-ring (bicyclic) bond motifs is 1. The molecule has 1 atom stereocenters. The Kier molecular flexibility index (Phi) is 5.76. The van der Waals surface area contributed by atoms with Crippen LogP contribution in [0.5, 0.6) is 0 Å². The van der Waals surface area contributed by atoms with Gasteiger partial charge in [0.25, 0.3) is 0 Å². The third-order valence-corrected chi connectivity index (χ3v) is 7.67. The zero-order valence-corrected chi connectivity index (χ0v) is 20.9. The lowest BCUT2D eigenvalue weighted by Crippen LogP contribution is -2.24. The number of amides is 1. The summed E-state index contributed by atoms with van der Waals surface area (Å²) in [6.45, 7) is 12.4. The van der Waals surface area contributed by atoms with Gasteiger partial charge in [-0.2, -0.15) is 0 Å². The SMILES string of the molecule is CCc1ccc(N2CC(c3nc4ccccc4n3Cc3c(C)c(C)cc(C)c3C)CC2=O)cc1. The molecule has 0 N–H and O–H groups in total. The van der Waals surface area contributed by atoms with Gasteiger partial charge in [-0.05, 0) is 91.8 Å². The van der Waals surface area contributed by atoms with Gasteiger partial charge in [0.1, 0.15) is 5.82 Å². The topological polar surface area (TPSA) is 38.1 Å². The highest BCUT2D eigenvalue weighted by Crippen LogP contribution is 2.34. The second kappa shape index (κ2) is 8.75. The highest BCUT2D eigenvalue weighted by molar-refractivity contribution is 5.96. The van der Waals surface area contributed by atoms with E-state index in [0.29, 0.717) is 13.0 Å². The maximum absolute atomic E-state index is 13.1. The van der Waals surface area contributed by atoms with Crippen molar-refractivity contribution in [2.75, 3.05) is 11.4 Å². The second-order valence-corrected chi connectivity index (χ2v) is 9.71. The summed E-state index contributed by atoms with van der Waals surface area (Å²) in [7, 11) is 0. The van der Waals surface area contributed by atoms with E-state index >= 15 is 0 Å². The summed E-state index contributed by atoms with van der Waals surface area (Å²) in [5.41, 5.74) is 11.1. The number of rotatable bonds is 5. The summed E-state index contributed by atoms with van der Waals surface area (Å²) in [4.78, 5) is 20.1. The summed E-state index contributed by atoms with van der Waals surface area (Å²) in [5.74, 6) is 1.25. The minimum atomic E-state index is 0.0669. The van der Waals surface area contributed by atoms with E-state index in [4.69, 9.17) is 4.98 Å². The Morgan fingerprint density at radius 2 is 1.62 bits per heavy atom. The predicted molar refractivity (Wildman–Crippen MR) is 140 cm³/mol. The lowest BCUT2D eigenvalue weighted by atomic mass is 9.94. The van der Waals surface area contributed by atoms with Crippen LogP contribution in [0.1, 0.15) is 58.5 Å². The lowest BCUT2D eigenvalue weighted by Gasteiger charge is -2.20. The number of imidazole rings is 1. The van der Waals surface area contributed by atoms with Gasteiger partial charge in [0.2, 0.25) is 5.91 Å². The quantitative estimate of drug-likeness (QED) is 0.352. The Labute approximate surface area is 202 Å². The molecule has 34 heavy (non-hydrogen) atoms. The standard InChI is InChI=1S/C30H33N3O/c1-6-23-11-13-25(14-12-23)32-17-24(16-29(32)34)30-31-27-9-7-8-10-28(27)33(30)18-26-21(4)19(2)15-20(3)22(26)5/h7-15,24H,6,16-18H2,1-5H3. The molecule has 4 aromatic rings. The fraction of sp³-hybridized carbons (Fsp3) is 0.333. The summed E-state index contributed by atoms with van der Waals surface area (Å²) in [5, 5.41) is 0. The first-order chi connectivity index (χ1) is 16.4. The van der Waals surface area contributed by atoms with Gasteiger partial charge < -0.3 is 9.47 Å². The molecule has 0 radical (unpaired) electrons. The van der Waals surface area contributed by atoms with Gasteiger partial charge in [-0.15, -0.1) is 0 Å². The van der Waals surface area contributed by atoms with Gasteiger partial charge in [0.05, 0.1) is 11.0 Å². The monoisotopic (exact) mass is 451 g/mol. The molecular formula is C30H33N3O. The van der Waals surface area contributed by atoms with E-state index in [1.165, 1.54) is 33.4 Å². The Bertz CT molecular complexity index is 1350. The van der Waals surface area contributed by atoms with Gasteiger partial charge in [-0.1, -0.05) is 37.3 Å². The lowest BCUT2D eigenvalue weighted by molar-refractivity contribution is -0.117. The van der Waals surface area contributed by atoms with E-state index < -0.39 is 0 Å². The van der Waals surface area contributed by atoms with Gasteiger partial charge in [0, 0.05) is 31.1 Å². The van der Waals surface area contributed by atoms with Crippen molar-refractivity contribution in [3.05, 3.63) is 93.8 Å². The molecule has 0 spiro atoms. The van der Waals surface area contributed by atoms with Crippen LogP contribution in [0.15, 0.2) is 54.6 Å². The van der Waals surface area contributed by atoms with E-state index in [1.54, 1.807) is 0 Å². The second-order valence-electron chi connectivity index (χ2n) is 9.71. The number of hydrogen-bond donors (Lipinski definition) is 0. The average molecular weight is 452 g/mol. The Balaban J connectivity index is 1.55. The molecule has 1 saturated heterocycles. The normalized spacial score (nSPS) is 16.1. The van der Waals surface area contributed by atoms with Crippen LogP contribution in [-0.4, -0.2) is 22.0 Å². The van der Waals surface area contributed by atoms with E-state index in [-0.39, 0.29) is 11.8 Å². The smallest absolute Gasteiger partial charge is 0.227 e. The summed E-state index contributed by atoms with van der Waals surface area (Å²) in [6, 6.07) is 19.0. The molecule has 3 aromatic carbocycles. The highest BCUT2D eigenvalue weighted by atomic mass is 16.2. The van der Waals surface area contributed by atoms with Crippen LogP contribution in [0.25, 0.3) is 11.0 Å². The van der Waals surface area contributed by atoms with Crippen LogP contribution >= 0.6 is 0 Å². The minimum absolute atomic E-state index is 0.0669. The molecule has 1 fully saturated rings. The predicted octanol–water partition coefficient (Wildman–Crippen LogP) is 6.40. The van der Waals surface area contributed by atoms with E-state index in [9.17, 15) is 4.79 Å². The zero-order valence-electron chi connectivity index (χ0n) is 20.9. The molecule has 0 saturated carbocycles. The number of carbonyl (C=O) groups is 1. The highest BCUT2D eigenvalue weighted by Gasteiger charge is 2.35. The summed E-state index contributed by atoms with van der Waals surface area (Å²) < 4.78 is 2.35. The zero-order chi connectivity index (χ0) is 24.0. The molecule has 4 heteroatoms. The number of aromatic nitrogens is 2. The van der Waals surface area contributed by atoms with Crippen molar-refractivity contribution in [1.82, 2.24) is 9.55 Å². The summed E-state index contributed by atoms with van der Waals surface area (Å²) in [6.07, 6.45) is 1.49. The maximum Gasteiger partial charge on any atom is 0.227 e. The third kappa shape index (κ3) is 3.81. The van der Waals surface area contributed by atoms with Crippen molar-refractivity contribution in [2.24, 2.45) is 0 Å². The Morgan fingerprint density at radius 3 is 2.29 bits per heavy atom. The molecule has 174 valence electrons. The molecule has 5 rings (SSSR count). The minimum Gasteiger partial charge on any atom is -0.323 e. The van der Waals surface area contributed by atoms with Crippen LogP contribution in [0, 0.1) is 27.7 Å². The van der Waals surface area contributed by atoms with Crippen LogP contribution in [0.2, 0.25) is 0 Å². The first-order valence-electron chi connectivity index (χ1n) is 12.3. The number of nitrogens with zero attached hydrogens (tertiary/aromatic N) is 3. The molecule has 1 unspecified atom stereocenters.